The molecule has 4 aromatic carbocycles. The van der Waals surface area contributed by atoms with Gasteiger partial charge in [0.25, 0.3) is 0 Å². The summed E-state index contributed by atoms with van der Waals surface area (Å²) in [6, 6.07) is 33.2. The van der Waals surface area contributed by atoms with Crippen LogP contribution >= 0.6 is 0 Å². The summed E-state index contributed by atoms with van der Waals surface area (Å²) in [6.07, 6.45) is 8.50. The zero-order chi connectivity index (χ0) is 21.5. The van der Waals surface area contributed by atoms with Crippen LogP contribution in [0.5, 0.6) is 11.5 Å². The maximum absolute atomic E-state index is 6.00. The fourth-order valence-corrected chi connectivity index (χ4v) is 3.36. The molecular weight excluding hydrogens is 376 g/mol. The van der Waals surface area contributed by atoms with E-state index in [0.717, 1.165) is 22.6 Å². The van der Waals surface area contributed by atoms with E-state index in [1.54, 1.807) is 0 Å². The Hall–Kier alpha value is -3.84. The van der Waals surface area contributed by atoms with Crippen LogP contribution in [0.15, 0.2) is 97.1 Å². The summed E-state index contributed by atoms with van der Waals surface area (Å²) in [5, 5.41) is 0. The van der Waals surface area contributed by atoms with Crippen LogP contribution < -0.4 is 4.74 Å². The van der Waals surface area contributed by atoms with Gasteiger partial charge in [-0.3, -0.25) is 0 Å². The minimum Gasteiger partial charge on any atom is -0.457 e. The van der Waals surface area contributed by atoms with Gasteiger partial charge in [-0.2, -0.15) is 0 Å². The third kappa shape index (κ3) is 6.07. The smallest absolute Gasteiger partial charge is 0.127 e. The van der Waals surface area contributed by atoms with Gasteiger partial charge in [0, 0.05) is 0 Å². The zero-order valence-corrected chi connectivity index (χ0v) is 18.0. The molecule has 0 unspecified atom stereocenters. The highest BCUT2D eigenvalue weighted by molar-refractivity contribution is 5.71. The van der Waals surface area contributed by atoms with Crippen molar-refractivity contribution in [2.45, 2.75) is 13.8 Å². The lowest BCUT2D eigenvalue weighted by Crippen LogP contribution is -1.84. The van der Waals surface area contributed by atoms with Crippen LogP contribution in [0, 0.1) is 13.8 Å². The van der Waals surface area contributed by atoms with Crippen LogP contribution in [0.25, 0.3) is 24.3 Å². The largest absolute Gasteiger partial charge is 0.457 e. The van der Waals surface area contributed by atoms with E-state index in [4.69, 9.17) is 4.74 Å². The first-order chi connectivity index (χ1) is 15.1. The fourth-order valence-electron chi connectivity index (χ4n) is 3.36. The average molecular weight is 403 g/mol. The Morgan fingerprint density at radius 2 is 0.839 bits per heavy atom. The first kappa shape index (κ1) is 20.4. The molecule has 1 heteroatoms. The van der Waals surface area contributed by atoms with E-state index in [9.17, 15) is 0 Å². The van der Waals surface area contributed by atoms with Crippen molar-refractivity contribution in [3.8, 4) is 11.5 Å². The van der Waals surface area contributed by atoms with Gasteiger partial charge < -0.3 is 4.74 Å². The number of rotatable bonds is 6. The van der Waals surface area contributed by atoms with Crippen LogP contribution in [-0.2, 0) is 0 Å². The number of hydrogen-bond acceptors (Lipinski definition) is 1. The minimum absolute atomic E-state index is 0.829. The number of benzene rings is 4. The SMILES string of the molecule is Cc1cccc(C=Cc2ccc(Oc3ccc(C=Cc4cccc(C)c4)cc3)cc2)c1. The van der Waals surface area contributed by atoms with Crippen molar-refractivity contribution < 1.29 is 4.74 Å². The Kier molecular flexibility index (Phi) is 6.44. The second-order valence-electron chi connectivity index (χ2n) is 7.74. The van der Waals surface area contributed by atoms with Gasteiger partial charge in [0.15, 0.2) is 0 Å². The third-order valence-corrected chi connectivity index (χ3v) is 5.02. The molecular formula is C30H26O. The zero-order valence-electron chi connectivity index (χ0n) is 18.0. The molecule has 0 aliphatic carbocycles. The maximum Gasteiger partial charge on any atom is 0.127 e. The molecule has 0 fully saturated rings. The molecule has 0 bridgehead atoms. The normalized spacial score (nSPS) is 11.3. The summed E-state index contributed by atoms with van der Waals surface area (Å²) in [5.41, 5.74) is 7.23. The number of aryl methyl sites for hydroxylation is 2. The summed E-state index contributed by atoms with van der Waals surface area (Å²) in [6.45, 7) is 4.22. The van der Waals surface area contributed by atoms with Crippen LogP contribution in [-0.4, -0.2) is 0 Å². The molecule has 31 heavy (non-hydrogen) atoms. The van der Waals surface area contributed by atoms with Crippen molar-refractivity contribution in [2.75, 3.05) is 0 Å². The second kappa shape index (κ2) is 9.77. The highest BCUT2D eigenvalue weighted by Gasteiger charge is 1.98. The summed E-state index contributed by atoms with van der Waals surface area (Å²) in [7, 11) is 0. The van der Waals surface area contributed by atoms with Crippen LogP contribution in [0.4, 0.5) is 0 Å². The molecule has 0 saturated carbocycles. The number of hydrogen-bond donors (Lipinski definition) is 0. The van der Waals surface area contributed by atoms with E-state index in [0.29, 0.717) is 0 Å². The predicted octanol–water partition coefficient (Wildman–Crippen LogP) is 8.44. The van der Waals surface area contributed by atoms with Gasteiger partial charge in [0.2, 0.25) is 0 Å². The standard InChI is InChI=1S/C30H26O/c1-23-5-3-7-27(21-23)11-9-25-13-17-29(18-14-25)31-30-19-15-26(16-20-30)10-12-28-8-4-6-24(2)22-28/h3-22H,1-2H3. The molecule has 1 nitrogen and oxygen atoms in total. The number of ether oxygens (including phenoxy) is 1. The average Bonchev–Trinajstić information content (AvgIpc) is 2.78. The molecule has 0 amide bonds. The monoisotopic (exact) mass is 402 g/mol. The van der Waals surface area contributed by atoms with Crippen LogP contribution in [0.3, 0.4) is 0 Å². The van der Waals surface area contributed by atoms with Crippen molar-refractivity contribution >= 4 is 24.3 Å². The van der Waals surface area contributed by atoms with Gasteiger partial charge in [0.05, 0.1) is 0 Å². The topological polar surface area (TPSA) is 9.23 Å². The molecule has 0 spiro atoms. The molecule has 0 aliphatic heterocycles. The third-order valence-electron chi connectivity index (χ3n) is 5.02. The van der Waals surface area contributed by atoms with Gasteiger partial charge in [-0.25, -0.2) is 0 Å². The Morgan fingerprint density at radius 1 is 0.452 bits per heavy atom. The molecule has 4 rings (SSSR count). The maximum atomic E-state index is 6.00. The van der Waals surface area contributed by atoms with E-state index < -0.39 is 0 Å². The van der Waals surface area contributed by atoms with E-state index in [2.05, 4.69) is 111 Å². The van der Waals surface area contributed by atoms with Crippen molar-refractivity contribution in [1.82, 2.24) is 0 Å². The Morgan fingerprint density at radius 3 is 1.23 bits per heavy atom. The first-order valence-electron chi connectivity index (χ1n) is 10.5. The van der Waals surface area contributed by atoms with Gasteiger partial charge in [-0.15, -0.1) is 0 Å². The molecule has 0 aromatic heterocycles. The lowest BCUT2D eigenvalue weighted by Gasteiger charge is -2.06. The van der Waals surface area contributed by atoms with Crippen LogP contribution in [0.2, 0.25) is 0 Å². The van der Waals surface area contributed by atoms with E-state index in [1.165, 1.54) is 22.3 Å². The highest BCUT2D eigenvalue weighted by atomic mass is 16.5. The Bertz CT molecular complexity index is 1100. The summed E-state index contributed by atoms with van der Waals surface area (Å²) in [4.78, 5) is 0. The summed E-state index contributed by atoms with van der Waals surface area (Å²) in [5.74, 6) is 1.66. The molecule has 0 radical (unpaired) electrons. The quantitative estimate of drug-likeness (QED) is 0.294. The van der Waals surface area contributed by atoms with Crippen molar-refractivity contribution in [2.24, 2.45) is 0 Å². The molecule has 0 atom stereocenters. The van der Waals surface area contributed by atoms with E-state index >= 15 is 0 Å². The molecule has 0 N–H and O–H groups in total. The lowest BCUT2D eigenvalue weighted by atomic mass is 10.1. The highest BCUT2D eigenvalue weighted by Crippen LogP contribution is 2.23. The van der Waals surface area contributed by atoms with Crippen molar-refractivity contribution in [3.05, 3.63) is 130 Å². The van der Waals surface area contributed by atoms with E-state index in [-0.39, 0.29) is 0 Å². The van der Waals surface area contributed by atoms with Gasteiger partial charge in [-0.1, -0.05) is 108 Å². The van der Waals surface area contributed by atoms with Gasteiger partial charge in [0.1, 0.15) is 11.5 Å². The minimum atomic E-state index is 0.829. The molecule has 0 heterocycles. The lowest BCUT2D eigenvalue weighted by molar-refractivity contribution is 0.482. The van der Waals surface area contributed by atoms with Crippen molar-refractivity contribution in [3.63, 3.8) is 0 Å². The summed E-state index contributed by atoms with van der Waals surface area (Å²) < 4.78 is 6.00. The second-order valence-corrected chi connectivity index (χ2v) is 7.74. The molecule has 4 aromatic rings. The predicted molar refractivity (Wildman–Crippen MR) is 133 cm³/mol. The Balaban J connectivity index is 1.37. The van der Waals surface area contributed by atoms with E-state index in [1.807, 2.05) is 24.3 Å². The van der Waals surface area contributed by atoms with Crippen molar-refractivity contribution in [1.29, 1.82) is 0 Å². The van der Waals surface area contributed by atoms with Gasteiger partial charge in [-0.05, 0) is 60.4 Å². The summed E-state index contributed by atoms with van der Waals surface area (Å²) >= 11 is 0. The first-order valence-corrected chi connectivity index (χ1v) is 10.5. The van der Waals surface area contributed by atoms with Gasteiger partial charge >= 0.3 is 0 Å². The fraction of sp³-hybridized carbons (Fsp3) is 0.0667. The molecule has 0 aliphatic rings. The molecule has 0 saturated heterocycles. The Labute approximate surface area is 185 Å². The van der Waals surface area contributed by atoms with Crippen LogP contribution in [0.1, 0.15) is 33.4 Å². The molecule has 152 valence electrons.